The van der Waals surface area contributed by atoms with E-state index in [-0.39, 0.29) is 0 Å². The van der Waals surface area contributed by atoms with E-state index in [2.05, 4.69) is 44.7 Å². The number of aliphatic hydroxyl groups is 2. The predicted molar refractivity (Wildman–Crippen MR) is 153 cm³/mol. The van der Waals surface area contributed by atoms with Gasteiger partial charge in [0, 0.05) is 23.9 Å². The van der Waals surface area contributed by atoms with E-state index in [9.17, 15) is 10.2 Å². The molecule has 5 aromatic rings. The highest BCUT2D eigenvalue weighted by molar-refractivity contribution is 5.94. The zero-order valence-electron chi connectivity index (χ0n) is 22.4. The number of nitrogens with zero attached hydrogens (tertiary/aromatic N) is 3. The van der Waals surface area contributed by atoms with Crippen LogP contribution in [0.1, 0.15) is 68.4 Å². The van der Waals surface area contributed by atoms with E-state index >= 15 is 0 Å². The van der Waals surface area contributed by atoms with E-state index in [1.807, 2.05) is 24.3 Å². The fourth-order valence-electron chi connectivity index (χ4n) is 5.73. The van der Waals surface area contributed by atoms with Gasteiger partial charge in [-0.25, -0.2) is 9.97 Å². The van der Waals surface area contributed by atoms with Crippen LogP contribution < -0.4 is 5.32 Å². The lowest BCUT2D eigenvalue weighted by Gasteiger charge is -2.17. The van der Waals surface area contributed by atoms with Crippen molar-refractivity contribution < 1.29 is 19.2 Å². The Bertz CT molecular complexity index is 1530. The first-order chi connectivity index (χ1) is 19.7. The van der Waals surface area contributed by atoms with Crippen molar-refractivity contribution in [2.45, 2.75) is 57.1 Å². The molecule has 3 N–H and O–H groups in total. The van der Waals surface area contributed by atoms with Crippen molar-refractivity contribution in [3.05, 3.63) is 84.4 Å². The predicted octanol–water partition coefficient (Wildman–Crippen LogP) is 7.08. The van der Waals surface area contributed by atoms with Crippen LogP contribution in [-0.2, 0) is 0 Å². The zero-order valence-corrected chi connectivity index (χ0v) is 22.4. The fourth-order valence-corrected chi connectivity index (χ4v) is 5.73. The first-order valence-corrected chi connectivity index (χ1v) is 14.1. The minimum absolute atomic E-state index is 0.291. The molecule has 0 radical (unpaired) electrons. The molecule has 0 saturated heterocycles. The molecule has 3 aromatic heterocycles. The lowest BCUT2D eigenvalue weighted by Crippen LogP contribution is -2.11. The number of aromatic nitrogens is 3. The van der Waals surface area contributed by atoms with E-state index < -0.39 is 6.23 Å². The highest BCUT2D eigenvalue weighted by Gasteiger charge is 2.18. The van der Waals surface area contributed by atoms with E-state index in [1.165, 1.54) is 37.5 Å². The molecule has 1 aliphatic carbocycles. The third-order valence-corrected chi connectivity index (χ3v) is 7.99. The Morgan fingerprint density at radius 1 is 0.925 bits per heavy atom. The van der Waals surface area contributed by atoms with Gasteiger partial charge in [0.15, 0.2) is 17.7 Å². The number of hydrogen-bond donors (Lipinski definition) is 3. The molecule has 3 unspecified atom stereocenters. The van der Waals surface area contributed by atoms with Gasteiger partial charge in [-0.3, -0.25) is 0 Å². The van der Waals surface area contributed by atoms with Crippen LogP contribution in [0.5, 0.6) is 0 Å². The van der Waals surface area contributed by atoms with Gasteiger partial charge in [0.2, 0.25) is 5.95 Å². The number of benzene rings is 2. The van der Waals surface area contributed by atoms with E-state index in [1.54, 1.807) is 18.3 Å². The lowest BCUT2D eigenvalue weighted by atomic mass is 9.88. The molecule has 3 heterocycles. The molecule has 2 aromatic carbocycles. The summed E-state index contributed by atoms with van der Waals surface area (Å²) in [5.74, 6) is 2.42. The van der Waals surface area contributed by atoms with Gasteiger partial charge >= 0.3 is 0 Å². The van der Waals surface area contributed by atoms with E-state index in [4.69, 9.17) is 8.94 Å². The summed E-state index contributed by atoms with van der Waals surface area (Å²) in [6, 6.07) is 19.8. The molecule has 0 spiro atoms. The first-order valence-electron chi connectivity index (χ1n) is 14.1. The van der Waals surface area contributed by atoms with Crippen molar-refractivity contribution in [3.8, 4) is 22.6 Å². The quantitative estimate of drug-likeness (QED) is 0.188. The molecule has 3 atom stereocenters. The van der Waals surface area contributed by atoms with Crippen molar-refractivity contribution in [1.82, 2.24) is 15.1 Å². The molecule has 6 rings (SSSR count). The Kier molecular flexibility index (Phi) is 7.88. The molecule has 8 heteroatoms. The number of furan rings is 1. The Morgan fingerprint density at radius 2 is 1.73 bits per heavy atom. The maximum Gasteiger partial charge on any atom is 0.225 e. The summed E-state index contributed by atoms with van der Waals surface area (Å²) in [5, 5.41) is 28.0. The second-order valence-corrected chi connectivity index (χ2v) is 10.7. The number of rotatable bonds is 7. The Hall–Kier alpha value is -4.01. The number of anilines is 1. The zero-order chi connectivity index (χ0) is 27.3. The molecule has 40 heavy (non-hydrogen) atoms. The summed E-state index contributed by atoms with van der Waals surface area (Å²) >= 11 is 0. The Balaban J connectivity index is 1.22. The Morgan fingerprint density at radius 3 is 2.55 bits per heavy atom. The molecule has 0 bridgehead atoms. The number of hydrogen-bond acceptors (Lipinski definition) is 8. The minimum atomic E-state index is -1.05. The molecule has 1 fully saturated rings. The van der Waals surface area contributed by atoms with Gasteiger partial charge in [-0.2, -0.15) is 0 Å². The number of fused-ring (bicyclic) bond motifs is 1. The average Bonchev–Trinajstić information content (AvgIpc) is 3.69. The van der Waals surface area contributed by atoms with Gasteiger partial charge in [0.05, 0.1) is 17.3 Å². The lowest BCUT2D eigenvalue weighted by molar-refractivity contribution is 0.177. The maximum atomic E-state index is 10.3. The molecule has 0 amide bonds. The van der Waals surface area contributed by atoms with Crippen LogP contribution >= 0.6 is 0 Å². The third-order valence-electron chi connectivity index (χ3n) is 7.99. The summed E-state index contributed by atoms with van der Waals surface area (Å²) in [4.78, 5) is 8.83. The van der Waals surface area contributed by atoms with Crippen LogP contribution in [0.25, 0.3) is 33.5 Å². The molecule has 206 valence electrons. The highest BCUT2D eigenvalue weighted by atomic mass is 16.5. The monoisotopic (exact) mass is 538 g/mol. The summed E-state index contributed by atoms with van der Waals surface area (Å²) in [6.07, 6.45) is 10.3. The van der Waals surface area contributed by atoms with E-state index in [0.717, 1.165) is 47.1 Å². The highest BCUT2D eigenvalue weighted by Crippen LogP contribution is 2.35. The van der Waals surface area contributed by atoms with Gasteiger partial charge in [0.25, 0.3) is 0 Å². The second kappa shape index (κ2) is 12.0. The van der Waals surface area contributed by atoms with Crippen LogP contribution in [0, 0.1) is 5.92 Å². The molecular formula is C32H34N4O4. The van der Waals surface area contributed by atoms with Gasteiger partial charge in [-0.15, -0.1) is 0 Å². The molecule has 1 saturated carbocycles. The summed E-state index contributed by atoms with van der Waals surface area (Å²) in [6.45, 7) is 0.316. The largest absolute Gasteiger partial charge is 0.465 e. The van der Waals surface area contributed by atoms with Crippen molar-refractivity contribution in [3.63, 3.8) is 0 Å². The van der Waals surface area contributed by atoms with Crippen molar-refractivity contribution in [2.75, 3.05) is 11.9 Å². The molecule has 1 aliphatic rings. The summed E-state index contributed by atoms with van der Waals surface area (Å²) in [7, 11) is 0. The SMILES string of the molecule is OCC1CCCCC(c2ccc(-c3onc4ccc(-c5ccnc(NC(O)c6ccco6)n5)cc34)cc2)CCC1. The van der Waals surface area contributed by atoms with Crippen LogP contribution in [0.3, 0.4) is 0 Å². The maximum absolute atomic E-state index is 10.3. The smallest absolute Gasteiger partial charge is 0.225 e. The van der Waals surface area contributed by atoms with Crippen LogP contribution in [0.2, 0.25) is 0 Å². The summed E-state index contributed by atoms with van der Waals surface area (Å²) in [5.41, 5.74) is 4.72. The standard InChI is InChI=1S/C32H34N4O4/c37-20-21-5-1-2-7-22(8-3-6-21)23-10-12-24(13-11-23)30-26-19-25(14-15-28(26)36-40-30)27-16-17-33-32(34-27)35-31(38)29-9-4-18-39-29/h4,9-19,21-22,31,37-38H,1-3,5-8,20H2,(H,33,34,35). The van der Waals surface area contributed by atoms with Gasteiger partial charge < -0.3 is 24.5 Å². The second-order valence-electron chi connectivity index (χ2n) is 10.7. The van der Waals surface area contributed by atoms with Gasteiger partial charge in [0.1, 0.15) is 5.52 Å². The fraction of sp³-hybridized carbons (Fsp3) is 0.344. The topological polar surface area (TPSA) is 117 Å². The number of aliphatic hydroxyl groups excluding tert-OH is 2. The molecule has 8 nitrogen and oxygen atoms in total. The first kappa shape index (κ1) is 26.2. The van der Waals surface area contributed by atoms with Crippen molar-refractivity contribution in [1.29, 1.82) is 0 Å². The third kappa shape index (κ3) is 5.78. The Labute approximate surface area is 233 Å². The normalized spacial score (nSPS) is 19.1. The van der Waals surface area contributed by atoms with E-state index in [0.29, 0.717) is 35.8 Å². The van der Waals surface area contributed by atoms with Crippen LogP contribution in [-0.4, -0.2) is 31.9 Å². The van der Waals surface area contributed by atoms with Gasteiger partial charge in [-0.1, -0.05) is 54.8 Å². The number of nitrogens with one attached hydrogen (secondary N) is 1. The van der Waals surface area contributed by atoms with Gasteiger partial charge in [-0.05, 0) is 73.4 Å². The van der Waals surface area contributed by atoms with Crippen LogP contribution in [0.15, 0.2) is 82.1 Å². The van der Waals surface area contributed by atoms with Crippen LogP contribution in [0.4, 0.5) is 5.95 Å². The van der Waals surface area contributed by atoms with Crippen molar-refractivity contribution >= 4 is 16.9 Å². The van der Waals surface area contributed by atoms with Crippen molar-refractivity contribution in [2.24, 2.45) is 5.92 Å². The summed E-state index contributed by atoms with van der Waals surface area (Å²) < 4.78 is 11.1. The average molecular weight is 539 g/mol. The minimum Gasteiger partial charge on any atom is -0.465 e. The molecule has 0 aliphatic heterocycles. The molecular weight excluding hydrogens is 504 g/mol.